The molecule has 0 radical (unpaired) electrons. The van der Waals surface area contributed by atoms with Gasteiger partial charge in [-0.05, 0) is 18.6 Å². The van der Waals surface area contributed by atoms with Crippen LogP contribution < -0.4 is 0 Å². The number of halogens is 2. The SMILES string of the molecule is CCC[C@H]1SCCN1S(=O)(=O)c1ccc(F)cc1F. The summed E-state index contributed by atoms with van der Waals surface area (Å²) >= 11 is 1.56. The predicted octanol–water partition coefficient (Wildman–Crippen LogP) is 2.83. The zero-order chi connectivity index (χ0) is 14.0. The molecule has 0 N–H and O–H groups in total. The fourth-order valence-electron chi connectivity index (χ4n) is 2.07. The molecule has 1 aliphatic heterocycles. The van der Waals surface area contributed by atoms with E-state index in [-0.39, 0.29) is 5.37 Å². The van der Waals surface area contributed by atoms with E-state index >= 15 is 0 Å². The molecule has 0 unspecified atom stereocenters. The largest absolute Gasteiger partial charge is 0.247 e. The molecule has 1 aromatic rings. The summed E-state index contributed by atoms with van der Waals surface area (Å²) in [6.45, 7) is 2.34. The van der Waals surface area contributed by atoms with E-state index in [1.54, 1.807) is 11.8 Å². The van der Waals surface area contributed by atoms with E-state index in [1.807, 2.05) is 6.92 Å². The predicted molar refractivity (Wildman–Crippen MR) is 71.4 cm³/mol. The first kappa shape index (κ1) is 14.7. The van der Waals surface area contributed by atoms with Gasteiger partial charge in [-0.15, -0.1) is 11.8 Å². The Morgan fingerprint density at radius 1 is 1.42 bits per heavy atom. The van der Waals surface area contributed by atoms with Crippen molar-refractivity contribution in [3.8, 4) is 0 Å². The van der Waals surface area contributed by atoms with E-state index in [0.717, 1.165) is 25.0 Å². The molecule has 7 heteroatoms. The van der Waals surface area contributed by atoms with Gasteiger partial charge < -0.3 is 0 Å². The van der Waals surface area contributed by atoms with Crippen molar-refractivity contribution in [3.05, 3.63) is 29.8 Å². The van der Waals surface area contributed by atoms with Crippen LogP contribution in [0.5, 0.6) is 0 Å². The van der Waals surface area contributed by atoms with Crippen LogP contribution in [-0.4, -0.2) is 30.4 Å². The lowest BCUT2D eigenvalue weighted by Gasteiger charge is -2.23. The summed E-state index contributed by atoms with van der Waals surface area (Å²) in [4.78, 5) is -0.447. The van der Waals surface area contributed by atoms with Gasteiger partial charge >= 0.3 is 0 Å². The molecule has 1 saturated heterocycles. The van der Waals surface area contributed by atoms with E-state index < -0.39 is 26.6 Å². The minimum atomic E-state index is -3.89. The Kier molecular flexibility index (Phi) is 4.47. The zero-order valence-corrected chi connectivity index (χ0v) is 12.1. The van der Waals surface area contributed by atoms with E-state index in [1.165, 1.54) is 4.31 Å². The fraction of sp³-hybridized carbons (Fsp3) is 0.500. The van der Waals surface area contributed by atoms with Crippen LogP contribution in [-0.2, 0) is 10.0 Å². The summed E-state index contributed by atoms with van der Waals surface area (Å²) in [5.41, 5.74) is 0. The third kappa shape index (κ3) is 2.93. The van der Waals surface area contributed by atoms with Crippen molar-refractivity contribution >= 4 is 21.8 Å². The van der Waals surface area contributed by atoms with Crippen molar-refractivity contribution in [2.75, 3.05) is 12.3 Å². The monoisotopic (exact) mass is 307 g/mol. The summed E-state index contributed by atoms with van der Waals surface area (Å²) in [6, 6.07) is 2.56. The smallest absolute Gasteiger partial charge is 0.207 e. The van der Waals surface area contributed by atoms with Crippen molar-refractivity contribution in [2.45, 2.75) is 30.0 Å². The van der Waals surface area contributed by atoms with Gasteiger partial charge in [0.2, 0.25) is 10.0 Å². The first-order chi connectivity index (χ1) is 8.96. The highest BCUT2D eigenvalue weighted by atomic mass is 32.2. The lowest BCUT2D eigenvalue weighted by Crippen LogP contribution is -2.35. The standard InChI is InChI=1S/C12H15F2NO2S2/c1-2-3-12-15(6-7-18-12)19(16,17)11-5-4-9(13)8-10(11)14/h4-5,8,12H,2-3,6-7H2,1H3/t12-/m1/s1. The Labute approximate surface area is 116 Å². The summed E-state index contributed by atoms with van der Waals surface area (Å²) < 4.78 is 52.6. The van der Waals surface area contributed by atoms with E-state index in [0.29, 0.717) is 18.4 Å². The Hall–Kier alpha value is -0.660. The number of benzene rings is 1. The second-order valence-corrected chi connectivity index (χ2v) is 7.45. The molecule has 19 heavy (non-hydrogen) atoms. The van der Waals surface area contributed by atoms with Crippen LogP contribution >= 0.6 is 11.8 Å². The molecule has 0 aromatic heterocycles. The molecular weight excluding hydrogens is 292 g/mol. The quantitative estimate of drug-likeness (QED) is 0.858. The maximum Gasteiger partial charge on any atom is 0.247 e. The van der Waals surface area contributed by atoms with Gasteiger partial charge in [0.1, 0.15) is 16.5 Å². The molecule has 1 aliphatic rings. The van der Waals surface area contributed by atoms with Crippen LogP contribution in [0.1, 0.15) is 19.8 Å². The minimum Gasteiger partial charge on any atom is -0.207 e. The summed E-state index contributed by atoms with van der Waals surface area (Å²) in [7, 11) is -3.89. The maximum atomic E-state index is 13.7. The number of rotatable bonds is 4. The number of hydrogen-bond acceptors (Lipinski definition) is 3. The third-order valence-electron chi connectivity index (χ3n) is 2.96. The molecule has 0 aliphatic carbocycles. The van der Waals surface area contributed by atoms with Gasteiger partial charge in [0.15, 0.2) is 0 Å². The average Bonchev–Trinajstić information content (AvgIpc) is 2.78. The molecule has 1 heterocycles. The fourth-order valence-corrected chi connectivity index (χ4v) is 5.50. The molecule has 0 spiro atoms. The number of sulfonamides is 1. The van der Waals surface area contributed by atoms with Crippen LogP contribution in [0.4, 0.5) is 8.78 Å². The number of hydrogen-bond donors (Lipinski definition) is 0. The lowest BCUT2D eigenvalue weighted by atomic mass is 10.3. The summed E-state index contributed by atoms with van der Waals surface area (Å²) in [5.74, 6) is -1.11. The summed E-state index contributed by atoms with van der Waals surface area (Å²) in [6.07, 6.45) is 1.59. The molecular formula is C12H15F2NO2S2. The van der Waals surface area contributed by atoms with Crippen LogP contribution in [0.15, 0.2) is 23.1 Å². The Bertz CT molecular complexity index is 563. The van der Waals surface area contributed by atoms with Crippen molar-refractivity contribution in [3.63, 3.8) is 0 Å². The van der Waals surface area contributed by atoms with Gasteiger partial charge in [-0.1, -0.05) is 13.3 Å². The topological polar surface area (TPSA) is 37.4 Å². The van der Waals surface area contributed by atoms with Crippen molar-refractivity contribution in [1.29, 1.82) is 0 Å². The van der Waals surface area contributed by atoms with Crippen LogP contribution in [0.25, 0.3) is 0 Å². The van der Waals surface area contributed by atoms with Gasteiger partial charge in [-0.25, -0.2) is 17.2 Å². The average molecular weight is 307 g/mol. The third-order valence-corrected chi connectivity index (χ3v) is 6.33. The minimum absolute atomic E-state index is 0.153. The normalized spacial score (nSPS) is 20.9. The lowest BCUT2D eigenvalue weighted by molar-refractivity contribution is 0.408. The first-order valence-electron chi connectivity index (χ1n) is 6.05. The molecule has 106 valence electrons. The first-order valence-corrected chi connectivity index (χ1v) is 8.54. The van der Waals surface area contributed by atoms with Crippen LogP contribution in [0.3, 0.4) is 0 Å². The molecule has 1 fully saturated rings. The van der Waals surface area contributed by atoms with Crippen molar-refractivity contribution in [2.24, 2.45) is 0 Å². The van der Waals surface area contributed by atoms with Crippen LogP contribution in [0, 0.1) is 11.6 Å². The highest BCUT2D eigenvalue weighted by Crippen LogP contribution is 2.33. The maximum absolute atomic E-state index is 13.7. The van der Waals surface area contributed by atoms with Crippen molar-refractivity contribution < 1.29 is 17.2 Å². The van der Waals surface area contributed by atoms with E-state index in [4.69, 9.17) is 0 Å². The highest BCUT2D eigenvalue weighted by Gasteiger charge is 2.36. The van der Waals surface area contributed by atoms with Gasteiger partial charge in [0.05, 0.1) is 5.37 Å². The molecule has 0 saturated carbocycles. The number of nitrogens with zero attached hydrogens (tertiary/aromatic N) is 1. The second kappa shape index (κ2) is 5.76. The Balaban J connectivity index is 2.36. The zero-order valence-electron chi connectivity index (χ0n) is 10.5. The van der Waals surface area contributed by atoms with Crippen molar-refractivity contribution in [1.82, 2.24) is 4.31 Å². The Morgan fingerprint density at radius 3 is 2.79 bits per heavy atom. The number of thioether (sulfide) groups is 1. The molecule has 1 aromatic carbocycles. The van der Waals surface area contributed by atoms with Gasteiger partial charge in [-0.2, -0.15) is 4.31 Å². The van der Waals surface area contributed by atoms with Gasteiger partial charge in [0.25, 0.3) is 0 Å². The molecule has 1 atom stereocenters. The molecule has 3 nitrogen and oxygen atoms in total. The van der Waals surface area contributed by atoms with Gasteiger partial charge in [-0.3, -0.25) is 0 Å². The molecule has 0 bridgehead atoms. The van der Waals surface area contributed by atoms with Gasteiger partial charge in [0, 0.05) is 18.4 Å². The Morgan fingerprint density at radius 2 is 2.16 bits per heavy atom. The van der Waals surface area contributed by atoms with E-state index in [9.17, 15) is 17.2 Å². The molecule has 2 rings (SSSR count). The second-order valence-electron chi connectivity index (χ2n) is 4.30. The van der Waals surface area contributed by atoms with Crippen LogP contribution in [0.2, 0.25) is 0 Å². The van der Waals surface area contributed by atoms with E-state index in [2.05, 4.69) is 0 Å². The highest BCUT2D eigenvalue weighted by molar-refractivity contribution is 8.01. The molecule has 0 amide bonds. The summed E-state index contributed by atoms with van der Waals surface area (Å²) in [5, 5.41) is -0.153.